The van der Waals surface area contributed by atoms with Gasteiger partial charge < -0.3 is 10.6 Å². The first-order valence-corrected chi connectivity index (χ1v) is 9.24. The van der Waals surface area contributed by atoms with Crippen molar-refractivity contribution in [2.24, 2.45) is 11.8 Å². The van der Waals surface area contributed by atoms with Crippen LogP contribution in [0, 0.1) is 11.8 Å². The molecular formula is C20H28N4O. The highest BCUT2D eigenvalue weighted by atomic mass is 16.1. The molecule has 1 aliphatic rings. The SMILES string of the molecule is CC(CC(=O)NCc1ccccc1Cn1cccn1)C1CCCNC1. The van der Waals surface area contributed by atoms with E-state index < -0.39 is 0 Å². The first-order valence-electron chi connectivity index (χ1n) is 9.24. The number of hydrogen-bond acceptors (Lipinski definition) is 3. The Morgan fingerprint density at radius 3 is 2.92 bits per heavy atom. The summed E-state index contributed by atoms with van der Waals surface area (Å²) in [5, 5.41) is 10.8. The lowest BCUT2D eigenvalue weighted by Crippen LogP contribution is -2.35. The smallest absolute Gasteiger partial charge is 0.220 e. The first-order chi connectivity index (χ1) is 12.2. The van der Waals surface area contributed by atoms with Crippen LogP contribution in [0.2, 0.25) is 0 Å². The fourth-order valence-electron chi connectivity index (χ4n) is 3.54. The van der Waals surface area contributed by atoms with E-state index in [1.54, 1.807) is 6.20 Å². The van der Waals surface area contributed by atoms with Crippen molar-refractivity contribution in [2.75, 3.05) is 13.1 Å². The molecule has 1 aromatic heterocycles. The molecule has 2 atom stereocenters. The van der Waals surface area contributed by atoms with Gasteiger partial charge in [0.25, 0.3) is 0 Å². The van der Waals surface area contributed by atoms with E-state index in [-0.39, 0.29) is 5.91 Å². The summed E-state index contributed by atoms with van der Waals surface area (Å²) < 4.78 is 1.90. The number of carbonyl (C=O) groups excluding carboxylic acids is 1. The standard InChI is InChI=1S/C20H28N4O/c1-16(17-8-4-9-21-13-17)12-20(25)22-14-18-6-2-3-7-19(18)15-24-11-5-10-23-24/h2-3,5-7,10-11,16-17,21H,4,8-9,12-15H2,1H3,(H,22,25). The normalized spacial score (nSPS) is 18.7. The lowest BCUT2D eigenvalue weighted by molar-refractivity contribution is -0.122. The highest BCUT2D eigenvalue weighted by Gasteiger charge is 2.21. The average molecular weight is 340 g/mol. The van der Waals surface area contributed by atoms with Crippen LogP contribution in [0.1, 0.15) is 37.3 Å². The fraction of sp³-hybridized carbons (Fsp3) is 0.500. The molecule has 0 radical (unpaired) electrons. The van der Waals surface area contributed by atoms with E-state index in [1.807, 2.05) is 29.1 Å². The van der Waals surface area contributed by atoms with E-state index >= 15 is 0 Å². The number of benzene rings is 1. The molecule has 134 valence electrons. The third kappa shape index (κ3) is 5.16. The quantitative estimate of drug-likeness (QED) is 0.814. The van der Waals surface area contributed by atoms with Gasteiger partial charge in [0.2, 0.25) is 5.91 Å². The number of carbonyl (C=O) groups is 1. The predicted octanol–water partition coefficient (Wildman–Crippen LogP) is 2.57. The van der Waals surface area contributed by atoms with Gasteiger partial charge in [-0.25, -0.2) is 0 Å². The van der Waals surface area contributed by atoms with Gasteiger partial charge in [0.15, 0.2) is 0 Å². The number of amides is 1. The third-order valence-electron chi connectivity index (χ3n) is 5.13. The lowest BCUT2D eigenvalue weighted by Gasteiger charge is -2.28. The van der Waals surface area contributed by atoms with Crippen molar-refractivity contribution in [3.63, 3.8) is 0 Å². The van der Waals surface area contributed by atoms with Gasteiger partial charge in [0.1, 0.15) is 0 Å². The average Bonchev–Trinajstić information content (AvgIpc) is 3.15. The number of piperidine rings is 1. The Morgan fingerprint density at radius 2 is 2.20 bits per heavy atom. The second-order valence-corrected chi connectivity index (χ2v) is 7.04. The number of nitrogens with one attached hydrogen (secondary N) is 2. The Hall–Kier alpha value is -2.14. The summed E-state index contributed by atoms with van der Waals surface area (Å²) in [6.45, 7) is 5.65. The Labute approximate surface area is 149 Å². The monoisotopic (exact) mass is 340 g/mol. The van der Waals surface area contributed by atoms with Crippen LogP contribution in [-0.4, -0.2) is 28.8 Å². The van der Waals surface area contributed by atoms with Gasteiger partial charge in [0, 0.05) is 25.4 Å². The second kappa shape index (κ2) is 8.81. The molecular weight excluding hydrogens is 312 g/mol. The highest BCUT2D eigenvalue weighted by Crippen LogP contribution is 2.22. The largest absolute Gasteiger partial charge is 0.352 e. The van der Waals surface area contributed by atoms with Crippen molar-refractivity contribution < 1.29 is 4.79 Å². The molecule has 1 aliphatic heterocycles. The van der Waals surface area contributed by atoms with Crippen molar-refractivity contribution in [1.82, 2.24) is 20.4 Å². The summed E-state index contributed by atoms with van der Waals surface area (Å²) in [5.41, 5.74) is 2.34. The zero-order valence-corrected chi connectivity index (χ0v) is 14.9. The summed E-state index contributed by atoms with van der Waals surface area (Å²) in [5.74, 6) is 1.19. The Bertz CT molecular complexity index is 662. The van der Waals surface area contributed by atoms with Gasteiger partial charge in [-0.1, -0.05) is 31.2 Å². The van der Waals surface area contributed by atoms with Crippen LogP contribution >= 0.6 is 0 Å². The van der Waals surface area contributed by atoms with Gasteiger partial charge >= 0.3 is 0 Å². The molecule has 2 heterocycles. The number of rotatable bonds is 7. The molecule has 0 aliphatic carbocycles. The van der Waals surface area contributed by atoms with Gasteiger partial charge in [-0.05, 0) is 55.0 Å². The fourth-order valence-corrected chi connectivity index (χ4v) is 3.54. The molecule has 2 unspecified atom stereocenters. The molecule has 1 fully saturated rings. The van der Waals surface area contributed by atoms with Gasteiger partial charge in [0.05, 0.1) is 6.54 Å². The van der Waals surface area contributed by atoms with Crippen molar-refractivity contribution in [1.29, 1.82) is 0 Å². The molecule has 2 N–H and O–H groups in total. The van der Waals surface area contributed by atoms with Crippen LogP contribution in [0.4, 0.5) is 0 Å². The number of nitrogens with zero attached hydrogens (tertiary/aromatic N) is 2. The minimum Gasteiger partial charge on any atom is -0.352 e. The molecule has 1 amide bonds. The van der Waals surface area contributed by atoms with E-state index in [4.69, 9.17) is 0 Å². The molecule has 0 bridgehead atoms. The topological polar surface area (TPSA) is 59.0 Å². The van der Waals surface area contributed by atoms with Crippen molar-refractivity contribution >= 4 is 5.91 Å². The maximum Gasteiger partial charge on any atom is 0.220 e. The van der Waals surface area contributed by atoms with Crippen molar-refractivity contribution in [2.45, 2.75) is 39.3 Å². The summed E-state index contributed by atoms with van der Waals surface area (Å²) in [6.07, 6.45) is 6.79. The molecule has 2 aromatic rings. The van der Waals surface area contributed by atoms with E-state index in [0.717, 1.165) is 25.2 Å². The Kier molecular flexibility index (Phi) is 6.23. The zero-order valence-electron chi connectivity index (χ0n) is 14.9. The van der Waals surface area contributed by atoms with E-state index in [0.29, 0.717) is 24.8 Å². The van der Waals surface area contributed by atoms with Gasteiger partial charge in [-0.3, -0.25) is 9.48 Å². The van der Waals surface area contributed by atoms with Crippen LogP contribution in [0.5, 0.6) is 0 Å². The maximum absolute atomic E-state index is 12.3. The summed E-state index contributed by atoms with van der Waals surface area (Å²) in [4.78, 5) is 12.3. The van der Waals surface area contributed by atoms with Crippen LogP contribution in [0.15, 0.2) is 42.7 Å². The lowest BCUT2D eigenvalue weighted by atomic mass is 9.85. The summed E-state index contributed by atoms with van der Waals surface area (Å²) >= 11 is 0. The molecule has 5 heteroatoms. The number of aromatic nitrogens is 2. The van der Waals surface area contributed by atoms with E-state index in [1.165, 1.54) is 18.4 Å². The van der Waals surface area contributed by atoms with Crippen molar-refractivity contribution in [3.8, 4) is 0 Å². The number of hydrogen-bond donors (Lipinski definition) is 2. The molecule has 0 spiro atoms. The van der Waals surface area contributed by atoms with Gasteiger partial charge in [-0.2, -0.15) is 5.10 Å². The van der Waals surface area contributed by atoms with E-state index in [2.05, 4.69) is 34.8 Å². The predicted molar refractivity (Wildman–Crippen MR) is 99.0 cm³/mol. The molecule has 1 saturated heterocycles. The van der Waals surface area contributed by atoms with Crippen LogP contribution < -0.4 is 10.6 Å². The van der Waals surface area contributed by atoms with Crippen LogP contribution in [0.3, 0.4) is 0 Å². The first kappa shape index (κ1) is 17.7. The third-order valence-corrected chi connectivity index (χ3v) is 5.13. The van der Waals surface area contributed by atoms with Crippen LogP contribution in [0.25, 0.3) is 0 Å². The molecule has 5 nitrogen and oxygen atoms in total. The molecule has 1 aromatic carbocycles. The molecule has 25 heavy (non-hydrogen) atoms. The summed E-state index contributed by atoms with van der Waals surface area (Å²) in [7, 11) is 0. The Morgan fingerprint density at radius 1 is 1.36 bits per heavy atom. The van der Waals surface area contributed by atoms with Crippen molar-refractivity contribution in [3.05, 3.63) is 53.9 Å². The Balaban J connectivity index is 1.51. The second-order valence-electron chi connectivity index (χ2n) is 7.04. The van der Waals surface area contributed by atoms with Crippen LogP contribution in [-0.2, 0) is 17.9 Å². The van der Waals surface area contributed by atoms with Gasteiger partial charge in [-0.15, -0.1) is 0 Å². The minimum absolute atomic E-state index is 0.145. The highest BCUT2D eigenvalue weighted by molar-refractivity contribution is 5.76. The molecule has 3 rings (SSSR count). The minimum atomic E-state index is 0.145. The maximum atomic E-state index is 12.3. The summed E-state index contributed by atoms with van der Waals surface area (Å²) in [6, 6.07) is 10.1. The van der Waals surface area contributed by atoms with E-state index in [9.17, 15) is 4.79 Å². The zero-order chi connectivity index (χ0) is 17.5. The molecule has 0 saturated carbocycles.